The Labute approximate surface area is 140 Å². The van der Waals surface area contributed by atoms with Crippen molar-refractivity contribution in [2.75, 3.05) is 33.9 Å². The molecule has 0 bridgehead atoms. The van der Waals surface area contributed by atoms with Crippen LogP contribution in [0.15, 0.2) is 28.8 Å². The van der Waals surface area contributed by atoms with Gasteiger partial charge in [0, 0.05) is 26.1 Å². The predicted octanol–water partition coefficient (Wildman–Crippen LogP) is 0.828. The van der Waals surface area contributed by atoms with Crippen LogP contribution in [0.2, 0.25) is 0 Å². The highest BCUT2D eigenvalue weighted by Crippen LogP contribution is 2.28. The van der Waals surface area contributed by atoms with Gasteiger partial charge >= 0.3 is 0 Å². The SMILES string of the molecule is COCCNCC(=O)NC(c1noc(C)n1)c1ccccc1OC. The number of para-hydroxylation sites is 1. The Balaban J connectivity index is 2.16. The Kier molecular flexibility index (Phi) is 6.71. The van der Waals surface area contributed by atoms with E-state index in [0.717, 1.165) is 5.56 Å². The Hall–Kier alpha value is -2.45. The molecular formula is C16H22N4O4. The molecule has 0 aliphatic carbocycles. The lowest BCUT2D eigenvalue weighted by Gasteiger charge is -2.18. The van der Waals surface area contributed by atoms with Crippen molar-refractivity contribution in [3.8, 4) is 5.75 Å². The number of aromatic nitrogens is 2. The first-order valence-electron chi connectivity index (χ1n) is 7.57. The van der Waals surface area contributed by atoms with Crippen molar-refractivity contribution in [1.82, 2.24) is 20.8 Å². The van der Waals surface area contributed by atoms with Gasteiger partial charge in [0.2, 0.25) is 11.8 Å². The zero-order valence-electron chi connectivity index (χ0n) is 14.0. The summed E-state index contributed by atoms with van der Waals surface area (Å²) in [6.07, 6.45) is 0. The predicted molar refractivity (Wildman–Crippen MR) is 86.8 cm³/mol. The van der Waals surface area contributed by atoms with E-state index in [1.807, 2.05) is 24.3 Å². The van der Waals surface area contributed by atoms with E-state index in [1.54, 1.807) is 21.1 Å². The van der Waals surface area contributed by atoms with Crippen molar-refractivity contribution in [2.24, 2.45) is 0 Å². The average molecular weight is 334 g/mol. The number of benzene rings is 1. The first kappa shape index (κ1) is 17.9. The second-order valence-electron chi connectivity index (χ2n) is 5.08. The van der Waals surface area contributed by atoms with Gasteiger partial charge in [-0.3, -0.25) is 4.79 Å². The van der Waals surface area contributed by atoms with E-state index in [-0.39, 0.29) is 12.5 Å². The fraction of sp³-hybridized carbons (Fsp3) is 0.438. The van der Waals surface area contributed by atoms with E-state index in [1.165, 1.54) is 0 Å². The molecule has 1 aromatic heterocycles. The fourth-order valence-electron chi connectivity index (χ4n) is 2.21. The fourth-order valence-corrected chi connectivity index (χ4v) is 2.21. The summed E-state index contributed by atoms with van der Waals surface area (Å²) in [4.78, 5) is 16.5. The lowest BCUT2D eigenvalue weighted by molar-refractivity contribution is -0.120. The number of hydrogen-bond acceptors (Lipinski definition) is 7. The molecule has 130 valence electrons. The van der Waals surface area contributed by atoms with Gasteiger partial charge in [-0.05, 0) is 6.07 Å². The lowest BCUT2D eigenvalue weighted by Crippen LogP contribution is -2.38. The molecule has 2 rings (SSSR count). The molecule has 0 spiro atoms. The van der Waals surface area contributed by atoms with Gasteiger partial charge in [-0.15, -0.1) is 0 Å². The number of carbonyl (C=O) groups excluding carboxylic acids is 1. The Morgan fingerprint density at radius 3 is 2.79 bits per heavy atom. The first-order chi connectivity index (χ1) is 11.7. The summed E-state index contributed by atoms with van der Waals surface area (Å²) in [5, 5.41) is 9.84. The Bertz CT molecular complexity index is 659. The van der Waals surface area contributed by atoms with E-state index in [0.29, 0.717) is 30.6 Å². The molecule has 8 nitrogen and oxygen atoms in total. The molecule has 0 aliphatic heterocycles. The molecule has 0 fully saturated rings. The lowest BCUT2D eigenvalue weighted by atomic mass is 10.0. The minimum atomic E-state index is -0.560. The maximum Gasteiger partial charge on any atom is 0.234 e. The molecular weight excluding hydrogens is 312 g/mol. The standard InChI is InChI=1S/C16H22N4O4/c1-11-18-16(20-24-11)15(12-6-4-5-7-13(12)23-3)19-14(21)10-17-8-9-22-2/h4-7,15,17H,8-10H2,1-3H3,(H,19,21). The number of amides is 1. The highest BCUT2D eigenvalue weighted by atomic mass is 16.5. The van der Waals surface area contributed by atoms with Crippen molar-refractivity contribution in [1.29, 1.82) is 0 Å². The minimum absolute atomic E-state index is 0.159. The van der Waals surface area contributed by atoms with E-state index in [9.17, 15) is 4.79 Å². The molecule has 0 saturated carbocycles. The molecule has 2 N–H and O–H groups in total. The summed E-state index contributed by atoms with van der Waals surface area (Å²) in [6.45, 7) is 2.98. The summed E-state index contributed by atoms with van der Waals surface area (Å²) in [7, 11) is 3.18. The van der Waals surface area contributed by atoms with Crippen molar-refractivity contribution in [3.63, 3.8) is 0 Å². The van der Waals surface area contributed by atoms with Crippen molar-refractivity contribution >= 4 is 5.91 Å². The van der Waals surface area contributed by atoms with Crippen molar-refractivity contribution in [3.05, 3.63) is 41.5 Å². The number of aryl methyl sites for hydroxylation is 1. The molecule has 24 heavy (non-hydrogen) atoms. The van der Waals surface area contributed by atoms with Gasteiger partial charge in [0.05, 0.1) is 20.3 Å². The summed E-state index contributed by atoms with van der Waals surface area (Å²) >= 11 is 0. The van der Waals surface area contributed by atoms with Crippen molar-refractivity contribution in [2.45, 2.75) is 13.0 Å². The van der Waals surface area contributed by atoms with E-state index in [2.05, 4.69) is 20.8 Å². The van der Waals surface area contributed by atoms with Crippen LogP contribution in [-0.2, 0) is 9.53 Å². The molecule has 1 unspecified atom stereocenters. The molecule has 1 atom stereocenters. The van der Waals surface area contributed by atoms with E-state index in [4.69, 9.17) is 14.0 Å². The smallest absolute Gasteiger partial charge is 0.234 e. The second kappa shape index (κ2) is 8.99. The van der Waals surface area contributed by atoms with Gasteiger partial charge in [-0.1, -0.05) is 23.4 Å². The van der Waals surface area contributed by atoms with Gasteiger partial charge in [0.15, 0.2) is 5.82 Å². The van der Waals surface area contributed by atoms with Crippen LogP contribution < -0.4 is 15.4 Å². The normalized spacial score (nSPS) is 12.0. The van der Waals surface area contributed by atoms with Crippen LogP contribution in [0.25, 0.3) is 0 Å². The number of rotatable bonds is 9. The second-order valence-corrected chi connectivity index (χ2v) is 5.08. The van der Waals surface area contributed by atoms with Crippen LogP contribution >= 0.6 is 0 Å². The molecule has 1 amide bonds. The van der Waals surface area contributed by atoms with Gasteiger partial charge in [0.25, 0.3) is 0 Å². The maximum absolute atomic E-state index is 12.2. The summed E-state index contributed by atoms with van der Waals surface area (Å²) in [6, 6.07) is 6.83. The third-order valence-corrected chi connectivity index (χ3v) is 3.33. The van der Waals surface area contributed by atoms with Crippen molar-refractivity contribution < 1.29 is 18.8 Å². The van der Waals surface area contributed by atoms with E-state index >= 15 is 0 Å². The van der Waals surface area contributed by atoms with Crippen LogP contribution in [0.4, 0.5) is 0 Å². The van der Waals surface area contributed by atoms with E-state index < -0.39 is 6.04 Å². The number of hydrogen-bond donors (Lipinski definition) is 2. The van der Waals surface area contributed by atoms with Gasteiger partial charge in [-0.25, -0.2) is 0 Å². The number of nitrogens with zero attached hydrogens (tertiary/aromatic N) is 2. The zero-order valence-corrected chi connectivity index (χ0v) is 14.0. The van der Waals surface area contributed by atoms with Crippen LogP contribution in [0.3, 0.4) is 0 Å². The van der Waals surface area contributed by atoms with Gasteiger partial charge in [0.1, 0.15) is 11.8 Å². The molecule has 8 heteroatoms. The molecule has 1 aromatic carbocycles. The van der Waals surface area contributed by atoms with Gasteiger partial charge < -0.3 is 24.6 Å². The largest absolute Gasteiger partial charge is 0.496 e. The zero-order chi connectivity index (χ0) is 17.4. The van der Waals surface area contributed by atoms with Crippen LogP contribution in [0, 0.1) is 6.92 Å². The maximum atomic E-state index is 12.2. The molecule has 1 heterocycles. The number of ether oxygens (including phenoxy) is 2. The quantitative estimate of drug-likeness (QED) is 0.655. The highest BCUT2D eigenvalue weighted by Gasteiger charge is 2.24. The first-order valence-corrected chi connectivity index (χ1v) is 7.57. The number of nitrogens with one attached hydrogen (secondary N) is 2. The van der Waals surface area contributed by atoms with Crippen LogP contribution in [0.1, 0.15) is 23.3 Å². The third kappa shape index (κ3) is 4.77. The topological polar surface area (TPSA) is 98.5 Å². The van der Waals surface area contributed by atoms with Gasteiger partial charge in [-0.2, -0.15) is 4.98 Å². The number of methoxy groups -OCH3 is 2. The number of carbonyl (C=O) groups is 1. The van der Waals surface area contributed by atoms with Crippen LogP contribution in [0.5, 0.6) is 5.75 Å². The summed E-state index contributed by atoms with van der Waals surface area (Å²) in [5.41, 5.74) is 0.756. The third-order valence-electron chi connectivity index (χ3n) is 3.33. The summed E-state index contributed by atoms with van der Waals surface area (Å²) < 4.78 is 15.4. The average Bonchev–Trinajstić information content (AvgIpc) is 3.03. The molecule has 0 saturated heterocycles. The highest BCUT2D eigenvalue weighted by molar-refractivity contribution is 5.79. The molecule has 2 aromatic rings. The Morgan fingerprint density at radius 1 is 1.33 bits per heavy atom. The van der Waals surface area contributed by atoms with Crippen LogP contribution in [-0.4, -0.2) is 50.0 Å². The summed E-state index contributed by atoms with van der Waals surface area (Å²) in [5.74, 6) is 1.25. The Morgan fingerprint density at radius 2 is 2.12 bits per heavy atom. The molecule has 0 radical (unpaired) electrons. The molecule has 0 aliphatic rings. The monoisotopic (exact) mass is 334 g/mol. The minimum Gasteiger partial charge on any atom is -0.496 e.